The minimum absolute atomic E-state index is 0.0658. The Bertz CT molecular complexity index is 1080. The Morgan fingerprint density at radius 2 is 1.85 bits per heavy atom. The summed E-state index contributed by atoms with van der Waals surface area (Å²) in [4.78, 5) is 19.6. The van der Waals surface area contributed by atoms with E-state index in [0.29, 0.717) is 56.8 Å². The lowest BCUT2D eigenvalue weighted by Gasteiger charge is -2.37. The van der Waals surface area contributed by atoms with Gasteiger partial charge in [-0.3, -0.25) is 5.10 Å². The highest BCUT2D eigenvalue weighted by Crippen LogP contribution is 2.26. The van der Waals surface area contributed by atoms with Gasteiger partial charge in [0.05, 0.1) is 6.61 Å². The molecule has 1 fully saturated rings. The van der Waals surface area contributed by atoms with Crippen LogP contribution in [0.25, 0.3) is 11.4 Å². The zero-order valence-corrected chi connectivity index (χ0v) is 19.4. The van der Waals surface area contributed by atoms with Crippen LogP contribution in [0.1, 0.15) is 32.3 Å². The summed E-state index contributed by atoms with van der Waals surface area (Å²) in [6.07, 6.45) is 0.433. The Balaban J connectivity index is 1.53. The van der Waals surface area contributed by atoms with Crippen LogP contribution >= 0.6 is 0 Å². The van der Waals surface area contributed by atoms with Gasteiger partial charge in [-0.15, -0.1) is 5.10 Å². The smallest absolute Gasteiger partial charge is 0.407 e. The van der Waals surface area contributed by atoms with Crippen LogP contribution in [0, 0.1) is 11.7 Å². The molecule has 8 nitrogen and oxygen atoms in total. The SMILES string of the molecule is CC(C)COc1ccc(-c2nc(N(Cc3ccc(F)cc3)C3CCN(C(=O)O)CC3)n[nH]2)cc1. The lowest BCUT2D eigenvalue weighted by molar-refractivity contribution is 0.131. The molecule has 2 aromatic carbocycles. The van der Waals surface area contributed by atoms with E-state index in [9.17, 15) is 14.3 Å². The van der Waals surface area contributed by atoms with Gasteiger partial charge in [-0.05, 0) is 60.7 Å². The molecule has 0 atom stereocenters. The Hall–Kier alpha value is -3.62. The highest BCUT2D eigenvalue weighted by molar-refractivity contribution is 5.65. The number of carboxylic acid groups (broad SMARTS) is 1. The molecule has 0 spiro atoms. The molecule has 0 bridgehead atoms. The van der Waals surface area contributed by atoms with Gasteiger partial charge in [0.2, 0.25) is 5.95 Å². The maximum atomic E-state index is 13.4. The Morgan fingerprint density at radius 3 is 2.47 bits per heavy atom. The zero-order chi connectivity index (χ0) is 24.1. The summed E-state index contributed by atoms with van der Waals surface area (Å²) in [5.74, 6) is 2.14. The minimum Gasteiger partial charge on any atom is -0.493 e. The molecule has 1 amide bonds. The van der Waals surface area contributed by atoms with Crippen LogP contribution in [0.15, 0.2) is 48.5 Å². The molecule has 0 radical (unpaired) electrons. The molecule has 1 aromatic heterocycles. The molecule has 9 heteroatoms. The van der Waals surface area contributed by atoms with Gasteiger partial charge in [0.25, 0.3) is 0 Å². The quantitative estimate of drug-likeness (QED) is 0.494. The molecule has 34 heavy (non-hydrogen) atoms. The van der Waals surface area contributed by atoms with Gasteiger partial charge in [0, 0.05) is 31.2 Å². The molecular weight excluding hydrogens is 437 g/mol. The average Bonchev–Trinajstić information content (AvgIpc) is 3.33. The van der Waals surface area contributed by atoms with Gasteiger partial charge in [0.15, 0.2) is 5.82 Å². The molecule has 180 valence electrons. The van der Waals surface area contributed by atoms with Crippen LogP contribution in [0.5, 0.6) is 5.75 Å². The third kappa shape index (κ3) is 5.84. The number of ether oxygens (including phenoxy) is 1. The lowest BCUT2D eigenvalue weighted by Crippen LogP contribution is -2.46. The number of hydrogen-bond donors (Lipinski definition) is 2. The normalized spacial score (nSPS) is 14.4. The number of piperidine rings is 1. The molecule has 1 saturated heterocycles. The highest BCUT2D eigenvalue weighted by atomic mass is 19.1. The minimum atomic E-state index is -0.899. The van der Waals surface area contributed by atoms with Crippen LogP contribution in [0.4, 0.5) is 15.1 Å². The van der Waals surface area contributed by atoms with E-state index in [1.807, 2.05) is 24.3 Å². The van der Waals surface area contributed by atoms with E-state index in [2.05, 4.69) is 28.9 Å². The number of benzene rings is 2. The summed E-state index contributed by atoms with van der Waals surface area (Å²) in [6, 6.07) is 14.1. The largest absolute Gasteiger partial charge is 0.493 e. The third-order valence-electron chi connectivity index (χ3n) is 5.88. The molecule has 1 aliphatic rings. The van der Waals surface area contributed by atoms with Crippen LogP contribution in [0.2, 0.25) is 0 Å². The van der Waals surface area contributed by atoms with Crippen molar-refractivity contribution in [3.8, 4) is 17.1 Å². The van der Waals surface area contributed by atoms with E-state index in [1.165, 1.54) is 17.0 Å². The van der Waals surface area contributed by atoms with Crippen LogP contribution in [-0.2, 0) is 6.54 Å². The standard InChI is InChI=1S/C25H30FN5O3/c1-17(2)16-34-22-9-5-19(6-10-22)23-27-24(29-28-23)31(15-18-3-7-20(26)8-4-18)21-11-13-30(14-12-21)25(32)33/h3-10,17,21H,11-16H2,1-2H3,(H,32,33)(H,27,28,29). The summed E-state index contributed by atoms with van der Waals surface area (Å²) in [7, 11) is 0. The van der Waals surface area contributed by atoms with Crippen molar-refractivity contribution in [3.63, 3.8) is 0 Å². The Labute approximate surface area is 198 Å². The summed E-state index contributed by atoms with van der Waals surface area (Å²) in [5.41, 5.74) is 1.82. The molecule has 2 N–H and O–H groups in total. The first-order valence-electron chi connectivity index (χ1n) is 11.5. The molecule has 0 saturated carbocycles. The number of anilines is 1. The van der Waals surface area contributed by atoms with Crippen LogP contribution < -0.4 is 9.64 Å². The summed E-state index contributed by atoms with van der Waals surface area (Å²) < 4.78 is 19.2. The number of nitrogens with one attached hydrogen (secondary N) is 1. The first kappa shape index (κ1) is 23.5. The first-order valence-corrected chi connectivity index (χ1v) is 11.5. The molecule has 0 aliphatic carbocycles. The Kier molecular flexibility index (Phi) is 7.30. The second kappa shape index (κ2) is 10.5. The lowest BCUT2D eigenvalue weighted by atomic mass is 10.0. The molecule has 4 rings (SSSR count). The predicted octanol–water partition coefficient (Wildman–Crippen LogP) is 4.79. The number of hydrogen-bond acceptors (Lipinski definition) is 5. The van der Waals surface area contributed by atoms with Crippen molar-refractivity contribution in [1.82, 2.24) is 20.1 Å². The average molecular weight is 468 g/mol. The van der Waals surface area contributed by atoms with Crippen molar-refractivity contribution in [1.29, 1.82) is 0 Å². The fourth-order valence-electron chi connectivity index (χ4n) is 4.00. The molecule has 0 unspecified atom stereocenters. The van der Waals surface area contributed by atoms with Gasteiger partial charge < -0.3 is 19.6 Å². The topological polar surface area (TPSA) is 94.6 Å². The Morgan fingerprint density at radius 1 is 1.18 bits per heavy atom. The van der Waals surface area contributed by atoms with Crippen molar-refractivity contribution in [2.45, 2.75) is 39.3 Å². The summed E-state index contributed by atoms with van der Waals surface area (Å²) >= 11 is 0. The van der Waals surface area contributed by atoms with Gasteiger partial charge in [-0.2, -0.15) is 4.98 Å². The molecule has 2 heterocycles. The number of aromatic amines is 1. The van der Waals surface area contributed by atoms with Gasteiger partial charge in [0.1, 0.15) is 11.6 Å². The van der Waals surface area contributed by atoms with Crippen molar-refractivity contribution < 1.29 is 19.0 Å². The molecular formula is C25H30FN5O3. The number of likely N-dealkylation sites (tertiary alicyclic amines) is 1. The summed E-state index contributed by atoms with van der Waals surface area (Å²) in [6.45, 7) is 6.27. The maximum absolute atomic E-state index is 13.4. The number of aromatic nitrogens is 3. The highest BCUT2D eigenvalue weighted by Gasteiger charge is 2.29. The van der Waals surface area contributed by atoms with E-state index in [-0.39, 0.29) is 11.9 Å². The number of nitrogens with zero attached hydrogens (tertiary/aromatic N) is 4. The van der Waals surface area contributed by atoms with Crippen molar-refractivity contribution in [2.24, 2.45) is 5.92 Å². The van der Waals surface area contributed by atoms with E-state index in [0.717, 1.165) is 16.9 Å². The second-order valence-corrected chi connectivity index (χ2v) is 8.97. The maximum Gasteiger partial charge on any atom is 0.407 e. The predicted molar refractivity (Wildman–Crippen MR) is 127 cm³/mol. The number of rotatable bonds is 8. The van der Waals surface area contributed by atoms with Crippen molar-refractivity contribution >= 4 is 12.0 Å². The van der Waals surface area contributed by atoms with Crippen molar-refractivity contribution in [3.05, 3.63) is 59.9 Å². The summed E-state index contributed by atoms with van der Waals surface area (Å²) in [5, 5.41) is 16.8. The number of amides is 1. The van der Waals surface area contributed by atoms with E-state index >= 15 is 0 Å². The van der Waals surface area contributed by atoms with Crippen LogP contribution in [0.3, 0.4) is 0 Å². The molecule has 3 aromatic rings. The van der Waals surface area contributed by atoms with Crippen LogP contribution in [-0.4, -0.2) is 57.0 Å². The van der Waals surface area contributed by atoms with E-state index in [1.54, 1.807) is 12.1 Å². The first-order chi connectivity index (χ1) is 16.4. The fraction of sp³-hybridized carbons (Fsp3) is 0.400. The van der Waals surface area contributed by atoms with Crippen molar-refractivity contribution in [2.75, 3.05) is 24.6 Å². The van der Waals surface area contributed by atoms with E-state index in [4.69, 9.17) is 9.72 Å². The second-order valence-electron chi connectivity index (χ2n) is 8.97. The number of carbonyl (C=O) groups is 1. The van der Waals surface area contributed by atoms with E-state index < -0.39 is 6.09 Å². The zero-order valence-electron chi connectivity index (χ0n) is 19.4. The van der Waals surface area contributed by atoms with Gasteiger partial charge in [-0.1, -0.05) is 26.0 Å². The van der Waals surface area contributed by atoms with Gasteiger partial charge in [-0.25, -0.2) is 9.18 Å². The third-order valence-corrected chi connectivity index (χ3v) is 5.88. The molecule has 1 aliphatic heterocycles. The number of halogens is 1. The monoisotopic (exact) mass is 467 g/mol. The van der Waals surface area contributed by atoms with Gasteiger partial charge >= 0.3 is 6.09 Å². The number of H-pyrrole nitrogens is 1. The fourth-order valence-corrected chi connectivity index (χ4v) is 4.00.